The van der Waals surface area contributed by atoms with Gasteiger partial charge in [0.1, 0.15) is 5.82 Å². The number of aryl methyl sites for hydroxylation is 1. The molecule has 0 unspecified atom stereocenters. The SMILES string of the molecule is COc1ccc(C2(C(=O)Nc3ccccc3Cn3ccnc3C)CCCC2)cc1OC. The number of imidazole rings is 1. The number of carbonyl (C=O) groups excluding carboxylic acids is 1. The second-order valence-corrected chi connectivity index (χ2v) is 8.07. The van der Waals surface area contributed by atoms with E-state index in [4.69, 9.17) is 9.47 Å². The van der Waals surface area contributed by atoms with Gasteiger partial charge in [0.05, 0.1) is 26.2 Å². The van der Waals surface area contributed by atoms with Crippen LogP contribution in [0, 0.1) is 6.92 Å². The molecule has 0 saturated heterocycles. The van der Waals surface area contributed by atoms with Crippen molar-refractivity contribution < 1.29 is 14.3 Å². The van der Waals surface area contributed by atoms with Crippen LogP contribution >= 0.6 is 0 Å². The fourth-order valence-electron chi connectivity index (χ4n) is 4.54. The Balaban J connectivity index is 1.65. The summed E-state index contributed by atoms with van der Waals surface area (Å²) < 4.78 is 13.0. The molecule has 0 radical (unpaired) electrons. The monoisotopic (exact) mass is 419 g/mol. The Labute approximate surface area is 183 Å². The van der Waals surface area contributed by atoms with Gasteiger partial charge in [-0.05, 0) is 49.1 Å². The van der Waals surface area contributed by atoms with Crippen molar-refractivity contribution in [1.82, 2.24) is 9.55 Å². The third-order valence-electron chi connectivity index (χ3n) is 6.36. The molecule has 2 aromatic carbocycles. The molecule has 1 amide bonds. The van der Waals surface area contributed by atoms with Gasteiger partial charge in [0.25, 0.3) is 0 Å². The zero-order valence-corrected chi connectivity index (χ0v) is 18.4. The van der Waals surface area contributed by atoms with Crippen molar-refractivity contribution in [3.8, 4) is 11.5 Å². The van der Waals surface area contributed by atoms with E-state index >= 15 is 0 Å². The number of anilines is 1. The lowest BCUT2D eigenvalue weighted by molar-refractivity contribution is -0.121. The van der Waals surface area contributed by atoms with E-state index in [9.17, 15) is 4.79 Å². The van der Waals surface area contributed by atoms with Crippen molar-refractivity contribution in [2.45, 2.75) is 44.6 Å². The molecule has 1 fully saturated rings. The molecule has 31 heavy (non-hydrogen) atoms. The maximum Gasteiger partial charge on any atom is 0.235 e. The van der Waals surface area contributed by atoms with Crippen LogP contribution in [0.25, 0.3) is 0 Å². The summed E-state index contributed by atoms with van der Waals surface area (Å²) in [5, 5.41) is 3.25. The maximum atomic E-state index is 13.7. The quantitative estimate of drug-likeness (QED) is 0.602. The first-order valence-corrected chi connectivity index (χ1v) is 10.7. The normalized spacial score (nSPS) is 14.9. The van der Waals surface area contributed by atoms with Gasteiger partial charge in [0, 0.05) is 18.1 Å². The van der Waals surface area contributed by atoms with E-state index in [1.54, 1.807) is 20.4 Å². The van der Waals surface area contributed by atoms with E-state index in [2.05, 4.69) is 14.9 Å². The summed E-state index contributed by atoms with van der Waals surface area (Å²) in [5.74, 6) is 2.29. The zero-order chi connectivity index (χ0) is 21.8. The average Bonchev–Trinajstić information content (AvgIpc) is 3.45. The molecule has 1 aromatic heterocycles. The van der Waals surface area contributed by atoms with Gasteiger partial charge in [-0.25, -0.2) is 4.98 Å². The van der Waals surface area contributed by atoms with E-state index in [1.165, 1.54) is 0 Å². The Bertz CT molecular complexity index is 1070. The molecule has 1 heterocycles. The van der Waals surface area contributed by atoms with Crippen LogP contribution in [0.1, 0.15) is 42.6 Å². The minimum atomic E-state index is -0.572. The molecule has 3 aromatic rings. The predicted molar refractivity (Wildman–Crippen MR) is 121 cm³/mol. The molecule has 1 aliphatic rings. The minimum absolute atomic E-state index is 0.0343. The van der Waals surface area contributed by atoms with Crippen molar-refractivity contribution in [1.29, 1.82) is 0 Å². The second-order valence-electron chi connectivity index (χ2n) is 8.07. The second kappa shape index (κ2) is 8.84. The molecule has 6 nitrogen and oxygen atoms in total. The van der Waals surface area contributed by atoms with Crippen LogP contribution in [0.2, 0.25) is 0 Å². The highest BCUT2D eigenvalue weighted by molar-refractivity contribution is 6.00. The van der Waals surface area contributed by atoms with Crippen molar-refractivity contribution in [3.63, 3.8) is 0 Å². The van der Waals surface area contributed by atoms with Crippen LogP contribution in [-0.4, -0.2) is 29.7 Å². The highest BCUT2D eigenvalue weighted by atomic mass is 16.5. The van der Waals surface area contributed by atoms with Crippen LogP contribution in [0.4, 0.5) is 5.69 Å². The molecule has 1 aliphatic carbocycles. The molecule has 6 heteroatoms. The lowest BCUT2D eigenvalue weighted by atomic mass is 9.77. The van der Waals surface area contributed by atoms with Gasteiger partial charge >= 0.3 is 0 Å². The fraction of sp³-hybridized carbons (Fsp3) is 0.360. The van der Waals surface area contributed by atoms with Crippen LogP contribution in [0.5, 0.6) is 11.5 Å². The minimum Gasteiger partial charge on any atom is -0.493 e. The van der Waals surface area contributed by atoms with Crippen molar-refractivity contribution >= 4 is 11.6 Å². The summed E-state index contributed by atoms with van der Waals surface area (Å²) in [4.78, 5) is 18.0. The third-order valence-corrected chi connectivity index (χ3v) is 6.36. The average molecular weight is 420 g/mol. The number of para-hydroxylation sites is 1. The van der Waals surface area contributed by atoms with Gasteiger partial charge in [-0.3, -0.25) is 4.79 Å². The molecule has 4 rings (SSSR count). The number of methoxy groups -OCH3 is 2. The standard InChI is InChI=1S/C25H29N3O3/c1-18-26-14-15-28(18)17-19-8-4-5-9-21(19)27-24(29)25(12-6-7-13-25)20-10-11-22(30-2)23(16-20)31-3/h4-5,8-11,14-16H,6-7,12-13,17H2,1-3H3,(H,27,29). The molecular weight excluding hydrogens is 390 g/mol. The Morgan fingerprint density at radius 1 is 1.10 bits per heavy atom. The summed E-state index contributed by atoms with van der Waals surface area (Å²) in [7, 11) is 3.24. The van der Waals surface area contributed by atoms with E-state index < -0.39 is 5.41 Å². The summed E-state index contributed by atoms with van der Waals surface area (Å²) in [6, 6.07) is 13.8. The number of ether oxygens (including phenoxy) is 2. The molecule has 1 N–H and O–H groups in total. The molecule has 162 valence electrons. The number of hydrogen-bond donors (Lipinski definition) is 1. The van der Waals surface area contributed by atoms with Gasteiger partial charge in [-0.15, -0.1) is 0 Å². The first-order chi connectivity index (χ1) is 15.1. The lowest BCUT2D eigenvalue weighted by Crippen LogP contribution is -2.38. The van der Waals surface area contributed by atoms with Gasteiger partial charge in [-0.2, -0.15) is 0 Å². The smallest absolute Gasteiger partial charge is 0.235 e. The lowest BCUT2D eigenvalue weighted by Gasteiger charge is -2.29. The molecule has 0 aliphatic heterocycles. The summed E-state index contributed by atoms with van der Waals surface area (Å²) in [5.41, 5.74) is 2.30. The van der Waals surface area contributed by atoms with E-state index in [0.29, 0.717) is 18.0 Å². The fourth-order valence-corrected chi connectivity index (χ4v) is 4.54. The highest BCUT2D eigenvalue weighted by Crippen LogP contribution is 2.44. The van der Waals surface area contributed by atoms with Crippen LogP contribution in [0.15, 0.2) is 54.9 Å². The molecule has 0 bridgehead atoms. The number of benzene rings is 2. The van der Waals surface area contributed by atoms with Crippen LogP contribution in [-0.2, 0) is 16.8 Å². The Morgan fingerprint density at radius 2 is 1.84 bits per heavy atom. The van der Waals surface area contributed by atoms with Crippen LogP contribution < -0.4 is 14.8 Å². The van der Waals surface area contributed by atoms with E-state index in [0.717, 1.165) is 48.3 Å². The Morgan fingerprint density at radius 3 is 2.52 bits per heavy atom. The van der Waals surface area contributed by atoms with Gasteiger partial charge < -0.3 is 19.4 Å². The Kier molecular flexibility index (Phi) is 5.98. The highest BCUT2D eigenvalue weighted by Gasteiger charge is 2.43. The predicted octanol–water partition coefficient (Wildman–Crippen LogP) is 4.71. The number of aromatic nitrogens is 2. The maximum absolute atomic E-state index is 13.7. The summed E-state index contributed by atoms with van der Waals surface area (Å²) in [6.45, 7) is 2.64. The number of hydrogen-bond acceptors (Lipinski definition) is 4. The van der Waals surface area contributed by atoms with E-state index in [1.807, 2.05) is 55.6 Å². The van der Waals surface area contributed by atoms with Gasteiger partial charge in [0.2, 0.25) is 5.91 Å². The molecular formula is C25H29N3O3. The molecule has 0 atom stereocenters. The largest absolute Gasteiger partial charge is 0.493 e. The Hall–Kier alpha value is -3.28. The van der Waals surface area contributed by atoms with E-state index in [-0.39, 0.29) is 5.91 Å². The number of nitrogens with zero attached hydrogens (tertiary/aromatic N) is 2. The van der Waals surface area contributed by atoms with Gasteiger partial charge in [-0.1, -0.05) is 37.1 Å². The van der Waals surface area contributed by atoms with Gasteiger partial charge in [0.15, 0.2) is 11.5 Å². The van der Waals surface area contributed by atoms with Crippen molar-refractivity contribution in [2.75, 3.05) is 19.5 Å². The van der Waals surface area contributed by atoms with Crippen LogP contribution in [0.3, 0.4) is 0 Å². The third kappa shape index (κ3) is 4.02. The van der Waals surface area contributed by atoms with Crippen molar-refractivity contribution in [3.05, 3.63) is 71.8 Å². The summed E-state index contributed by atoms with van der Waals surface area (Å²) >= 11 is 0. The summed E-state index contributed by atoms with van der Waals surface area (Å²) in [6.07, 6.45) is 7.43. The number of rotatable bonds is 7. The zero-order valence-electron chi connectivity index (χ0n) is 18.4. The molecule has 1 saturated carbocycles. The van der Waals surface area contributed by atoms with Crippen molar-refractivity contribution in [2.24, 2.45) is 0 Å². The number of carbonyl (C=O) groups is 1. The number of nitrogens with one attached hydrogen (secondary N) is 1. The first-order valence-electron chi connectivity index (χ1n) is 10.7. The first kappa shape index (κ1) is 21.0. The number of amides is 1. The topological polar surface area (TPSA) is 65.4 Å². The molecule has 0 spiro atoms.